The van der Waals surface area contributed by atoms with Crippen molar-refractivity contribution in [1.29, 1.82) is 0 Å². The van der Waals surface area contributed by atoms with E-state index in [2.05, 4.69) is 0 Å². The molecule has 0 aliphatic carbocycles. The third-order valence-electron chi connectivity index (χ3n) is 4.85. The number of nitrogens with zero attached hydrogens (tertiary/aromatic N) is 1. The number of benzene rings is 3. The van der Waals surface area contributed by atoms with Crippen LogP contribution in [0.15, 0.2) is 95.1 Å². The number of hydrogen-bond donors (Lipinski definition) is 0. The van der Waals surface area contributed by atoms with Gasteiger partial charge in [-0.3, -0.25) is 9.69 Å². The molecule has 2 heterocycles. The first kappa shape index (κ1) is 19.5. The van der Waals surface area contributed by atoms with Crippen molar-refractivity contribution in [2.24, 2.45) is 0 Å². The summed E-state index contributed by atoms with van der Waals surface area (Å²) in [6, 6.07) is 25.6. The fourth-order valence-electron chi connectivity index (χ4n) is 3.39. The Labute approximate surface area is 188 Å². The maximum absolute atomic E-state index is 12.6. The average molecular weight is 448 g/mol. The standard InChI is InChI=1S/C25H15Cl2NO3/c26-16-5-9-18(10-6-16)28(19-11-7-17(27)8-12-19)24-14-13-20(30-24)15-23-25(29)21-3-1-2-4-22(21)31-23/h1-15H/b23-15-. The van der Waals surface area contributed by atoms with Crippen molar-refractivity contribution in [3.8, 4) is 5.75 Å². The summed E-state index contributed by atoms with van der Waals surface area (Å²) in [5, 5.41) is 1.28. The van der Waals surface area contributed by atoms with Gasteiger partial charge >= 0.3 is 0 Å². The summed E-state index contributed by atoms with van der Waals surface area (Å²) in [5.74, 6) is 1.68. The molecule has 0 unspecified atom stereocenters. The number of allylic oxidation sites excluding steroid dienone is 1. The van der Waals surface area contributed by atoms with Gasteiger partial charge in [0.25, 0.3) is 0 Å². The lowest BCUT2D eigenvalue weighted by Crippen LogP contribution is -2.08. The third kappa shape index (κ3) is 3.83. The summed E-state index contributed by atoms with van der Waals surface area (Å²) in [6.07, 6.45) is 1.60. The molecule has 0 atom stereocenters. The van der Waals surface area contributed by atoms with Crippen molar-refractivity contribution in [1.82, 2.24) is 0 Å². The van der Waals surface area contributed by atoms with Gasteiger partial charge in [0.2, 0.25) is 11.7 Å². The maximum Gasteiger partial charge on any atom is 0.232 e. The molecule has 5 rings (SSSR count). The van der Waals surface area contributed by atoms with Gasteiger partial charge in [0, 0.05) is 33.6 Å². The van der Waals surface area contributed by atoms with E-state index in [-0.39, 0.29) is 11.5 Å². The van der Waals surface area contributed by atoms with Gasteiger partial charge in [-0.2, -0.15) is 0 Å². The van der Waals surface area contributed by atoms with E-state index in [1.807, 2.05) is 71.6 Å². The van der Waals surface area contributed by atoms with Crippen LogP contribution >= 0.6 is 23.2 Å². The van der Waals surface area contributed by atoms with Crippen LogP contribution in [0.1, 0.15) is 16.1 Å². The number of hydrogen-bond acceptors (Lipinski definition) is 4. The predicted octanol–water partition coefficient (Wildman–Crippen LogP) is 7.67. The van der Waals surface area contributed by atoms with Gasteiger partial charge in [0.15, 0.2) is 5.76 Å². The number of carbonyl (C=O) groups excluding carboxylic acids is 1. The number of furan rings is 1. The fraction of sp³-hybridized carbons (Fsp3) is 0. The summed E-state index contributed by atoms with van der Waals surface area (Å²) in [5.41, 5.74) is 2.27. The van der Waals surface area contributed by atoms with Crippen LogP contribution in [0.2, 0.25) is 10.0 Å². The number of carbonyl (C=O) groups is 1. The molecule has 0 saturated carbocycles. The minimum absolute atomic E-state index is 0.166. The van der Waals surface area contributed by atoms with Gasteiger partial charge in [0.05, 0.1) is 5.56 Å². The lowest BCUT2D eigenvalue weighted by atomic mass is 10.1. The van der Waals surface area contributed by atoms with Crippen molar-refractivity contribution >= 4 is 52.3 Å². The maximum atomic E-state index is 12.6. The molecule has 6 heteroatoms. The first-order valence-electron chi connectivity index (χ1n) is 9.53. The Morgan fingerprint density at radius 1 is 0.742 bits per heavy atom. The number of para-hydroxylation sites is 1. The summed E-state index contributed by atoms with van der Waals surface area (Å²) in [6.45, 7) is 0. The van der Waals surface area contributed by atoms with Crippen LogP contribution in [-0.2, 0) is 0 Å². The van der Waals surface area contributed by atoms with Gasteiger partial charge in [-0.05, 0) is 66.7 Å². The molecule has 31 heavy (non-hydrogen) atoms. The molecule has 0 N–H and O–H groups in total. The van der Waals surface area contributed by atoms with Gasteiger partial charge < -0.3 is 9.15 Å². The Balaban J connectivity index is 1.51. The Morgan fingerprint density at radius 3 is 1.97 bits per heavy atom. The molecule has 0 radical (unpaired) electrons. The normalized spacial score (nSPS) is 13.9. The fourth-order valence-corrected chi connectivity index (χ4v) is 3.64. The van der Waals surface area contributed by atoms with Crippen LogP contribution in [0.5, 0.6) is 5.75 Å². The number of ether oxygens (including phenoxy) is 1. The lowest BCUT2D eigenvalue weighted by molar-refractivity contribution is 0.101. The van der Waals surface area contributed by atoms with E-state index in [0.717, 1.165) is 11.4 Å². The quantitative estimate of drug-likeness (QED) is 0.301. The SMILES string of the molecule is O=C1/C(=C/c2ccc(N(c3ccc(Cl)cc3)c3ccc(Cl)cc3)o2)Oc2ccccc21. The first-order valence-corrected chi connectivity index (χ1v) is 10.3. The highest BCUT2D eigenvalue weighted by molar-refractivity contribution is 6.31. The van der Waals surface area contributed by atoms with E-state index in [9.17, 15) is 4.79 Å². The van der Waals surface area contributed by atoms with Gasteiger partial charge in [-0.25, -0.2) is 0 Å². The van der Waals surface area contributed by atoms with Crippen molar-refractivity contribution in [3.05, 3.63) is 112 Å². The number of fused-ring (bicyclic) bond motifs is 1. The Morgan fingerprint density at radius 2 is 1.35 bits per heavy atom. The highest BCUT2D eigenvalue weighted by Crippen LogP contribution is 2.37. The second kappa shape index (κ2) is 7.99. The van der Waals surface area contributed by atoms with Gasteiger partial charge in [0.1, 0.15) is 11.5 Å². The molecule has 1 aromatic heterocycles. The predicted molar refractivity (Wildman–Crippen MR) is 123 cm³/mol. The molecular formula is C25H15Cl2NO3. The molecule has 0 saturated heterocycles. The molecular weight excluding hydrogens is 433 g/mol. The average Bonchev–Trinajstić information content (AvgIpc) is 3.36. The van der Waals surface area contributed by atoms with Crippen LogP contribution in [0.4, 0.5) is 17.3 Å². The van der Waals surface area contributed by atoms with E-state index in [1.165, 1.54) is 0 Å². The molecule has 0 spiro atoms. The Kier molecular flexibility index (Phi) is 5.02. The van der Waals surface area contributed by atoms with Gasteiger partial charge in [-0.15, -0.1) is 0 Å². The van der Waals surface area contributed by atoms with Crippen LogP contribution in [-0.4, -0.2) is 5.78 Å². The largest absolute Gasteiger partial charge is 0.452 e. The zero-order chi connectivity index (χ0) is 21.4. The summed E-state index contributed by atoms with van der Waals surface area (Å²) < 4.78 is 11.8. The molecule has 1 aliphatic heterocycles. The molecule has 0 fully saturated rings. The zero-order valence-corrected chi connectivity index (χ0v) is 17.6. The molecule has 1 aliphatic rings. The van der Waals surface area contributed by atoms with E-state index < -0.39 is 0 Å². The minimum Gasteiger partial charge on any atom is -0.452 e. The molecule has 152 valence electrons. The lowest BCUT2D eigenvalue weighted by Gasteiger charge is -2.22. The smallest absolute Gasteiger partial charge is 0.232 e. The van der Waals surface area contributed by atoms with Crippen LogP contribution in [0.3, 0.4) is 0 Å². The monoisotopic (exact) mass is 447 g/mol. The van der Waals surface area contributed by atoms with E-state index in [4.69, 9.17) is 32.4 Å². The minimum atomic E-state index is -0.166. The van der Waals surface area contributed by atoms with E-state index in [0.29, 0.717) is 33.0 Å². The first-order chi connectivity index (χ1) is 15.1. The van der Waals surface area contributed by atoms with Crippen molar-refractivity contribution in [2.75, 3.05) is 4.90 Å². The molecule has 0 amide bonds. The Hall–Kier alpha value is -3.47. The molecule has 4 nitrogen and oxygen atoms in total. The summed E-state index contributed by atoms with van der Waals surface area (Å²) in [4.78, 5) is 14.5. The van der Waals surface area contributed by atoms with E-state index >= 15 is 0 Å². The summed E-state index contributed by atoms with van der Waals surface area (Å²) >= 11 is 12.1. The second-order valence-corrected chi connectivity index (χ2v) is 7.77. The highest BCUT2D eigenvalue weighted by Gasteiger charge is 2.27. The Bertz CT molecular complexity index is 1250. The van der Waals surface area contributed by atoms with Crippen LogP contribution in [0, 0.1) is 0 Å². The van der Waals surface area contributed by atoms with Crippen molar-refractivity contribution in [3.63, 3.8) is 0 Å². The van der Waals surface area contributed by atoms with E-state index in [1.54, 1.807) is 24.3 Å². The number of halogens is 2. The van der Waals surface area contributed by atoms with Gasteiger partial charge in [-0.1, -0.05) is 35.3 Å². The topological polar surface area (TPSA) is 42.7 Å². The zero-order valence-electron chi connectivity index (χ0n) is 16.1. The molecule has 3 aromatic carbocycles. The molecule has 4 aromatic rings. The van der Waals surface area contributed by atoms with Crippen LogP contribution in [0.25, 0.3) is 6.08 Å². The number of rotatable bonds is 4. The van der Waals surface area contributed by atoms with Crippen molar-refractivity contribution < 1.29 is 13.9 Å². The van der Waals surface area contributed by atoms with Crippen LogP contribution < -0.4 is 9.64 Å². The number of Topliss-reactive ketones (excluding diaryl/α,β-unsaturated/α-hetero) is 1. The highest BCUT2D eigenvalue weighted by atomic mass is 35.5. The molecule has 0 bridgehead atoms. The number of anilines is 3. The number of ketones is 1. The summed E-state index contributed by atoms with van der Waals surface area (Å²) in [7, 11) is 0. The third-order valence-corrected chi connectivity index (χ3v) is 5.36. The second-order valence-electron chi connectivity index (χ2n) is 6.90. The van der Waals surface area contributed by atoms with Crippen molar-refractivity contribution in [2.45, 2.75) is 0 Å².